The van der Waals surface area contributed by atoms with Gasteiger partial charge in [-0.1, -0.05) is 6.92 Å². The van der Waals surface area contributed by atoms with Crippen LogP contribution in [0.1, 0.15) is 6.92 Å². The van der Waals surface area contributed by atoms with E-state index in [4.69, 9.17) is 0 Å². The second-order valence-electron chi connectivity index (χ2n) is 4.90. The average Bonchev–Trinajstić information content (AvgIpc) is 2.63. The highest BCUT2D eigenvalue weighted by atomic mass is 32.2. The zero-order chi connectivity index (χ0) is 11.8. The molecule has 0 aliphatic carbocycles. The SMILES string of the molecule is CC1CNCC1N1CCN(S(C)(=O)=O)CC1. The van der Waals surface area contributed by atoms with E-state index in [9.17, 15) is 8.42 Å². The molecule has 0 aromatic carbocycles. The van der Waals surface area contributed by atoms with Crippen molar-refractivity contribution in [3.63, 3.8) is 0 Å². The van der Waals surface area contributed by atoms with E-state index in [2.05, 4.69) is 17.1 Å². The molecule has 2 saturated heterocycles. The van der Waals surface area contributed by atoms with Crippen molar-refractivity contribution in [1.29, 1.82) is 0 Å². The van der Waals surface area contributed by atoms with Gasteiger partial charge in [0.2, 0.25) is 10.0 Å². The van der Waals surface area contributed by atoms with E-state index in [1.165, 1.54) is 6.26 Å². The van der Waals surface area contributed by atoms with Crippen molar-refractivity contribution in [2.45, 2.75) is 13.0 Å². The van der Waals surface area contributed by atoms with Crippen LogP contribution in [-0.2, 0) is 10.0 Å². The Morgan fingerprint density at radius 1 is 1.12 bits per heavy atom. The molecule has 2 unspecified atom stereocenters. The van der Waals surface area contributed by atoms with Crippen LogP contribution in [0.4, 0.5) is 0 Å². The third-order valence-electron chi connectivity index (χ3n) is 3.69. The van der Waals surface area contributed by atoms with Crippen molar-refractivity contribution in [3.05, 3.63) is 0 Å². The van der Waals surface area contributed by atoms with E-state index in [-0.39, 0.29) is 0 Å². The Labute approximate surface area is 97.8 Å². The van der Waals surface area contributed by atoms with Crippen molar-refractivity contribution in [3.8, 4) is 0 Å². The number of nitrogens with one attached hydrogen (secondary N) is 1. The Morgan fingerprint density at radius 2 is 1.75 bits per heavy atom. The summed E-state index contributed by atoms with van der Waals surface area (Å²) >= 11 is 0. The summed E-state index contributed by atoms with van der Waals surface area (Å²) in [5.41, 5.74) is 0. The maximum absolute atomic E-state index is 11.4. The van der Waals surface area contributed by atoms with Crippen molar-refractivity contribution in [2.24, 2.45) is 5.92 Å². The zero-order valence-corrected chi connectivity index (χ0v) is 10.8. The molecule has 16 heavy (non-hydrogen) atoms. The van der Waals surface area contributed by atoms with Crippen LogP contribution < -0.4 is 5.32 Å². The van der Waals surface area contributed by atoms with E-state index in [0.717, 1.165) is 26.2 Å². The van der Waals surface area contributed by atoms with Gasteiger partial charge in [-0.3, -0.25) is 4.90 Å². The molecule has 2 heterocycles. The van der Waals surface area contributed by atoms with E-state index >= 15 is 0 Å². The molecule has 0 amide bonds. The normalized spacial score (nSPS) is 34.4. The highest BCUT2D eigenvalue weighted by Gasteiger charge is 2.32. The summed E-state index contributed by atoms with van der Waals surface area (Å²) in [7, 11) is -3.00. The summed E-state index contributed by atoms with van der Waals surface area (Å²) in [5, 5.41) is 3.39. The van der Waals surface area contributed by atoms with Gasteiger partial charge in [-0.15, -0.1) is 0 Å². The first-order valence-corrected chi connectivity index (χ1v) is 7.73. The van der Waals surface area contributed by atoms with Crippen LogP contribution in [0.2, 0.25) is 0 Å². The number of piperazine rings is 1. The molecule has 94 valence electrons. The Hall–Kier alpha value is -0.170. The Bertz CT molecular complexity index is 336. The smallest absolute Gasteiger partial charge is 0.211 e. The number of sulfonamides is 1. The van der Waals surface area contributed by atoms with Gasteiger partial charge >= 0.3 is 0 Å². The molecule has 0 aromatic rings. The average molecular weight is 247 g/mol. The third kappa shape index (κ3) is 2.56. The standard InChI is InChI=1S/C10H21N3O2S/c1-9-7-11-8-10(9)12-3-5-13(6-4-12)16(2,14)15/h9-11H,3-8H2,1-2H3. The summed E-state index contributed by atoms with van der Waals surface area (Å²) in [4.78, 5) is 2.42. The second-order valence-corrected chi connectivity index (χ2v) is 6.88. The molecule has 0 aromatic heterocycles. The van der Waals surface area contributed by atoms with E-state index < -0.39 is 10.0 Å². The Balaban J connectivity index is 1.90. The summed E-state index contributed by atoms with van der Waals surface area (Å²) in [6.07, 6.45) is 1.29. The van der Waals surface area contributed by atoms with Gasteiger partial charge in [-0.25, -0.2) is 8.42 Å². The van der Waals surface area contributed by atoms with Crippen molar-refractivity contribution < 1.29 is 8.42 Å². The quantitative estimate of drug-likeness (QED) is 0.692. The largest absolute Gasteiger partial charge is 0.315 e. The molecule has 6 heteroatoms. The van der Waals surface area contributed by atoms with Crippen molar-refractivity contribution >= 4 is 10.0 Å². The van der Waals surface area contributed by atoms with Gasteiger partial charge in [0.15, 0.2) is 0 Å². The summed E-state index contributed by atoms with van der Waals surface area (Å²) < 4.78 is 24.3. The number of rotatable bonds is 2. The minimum atomic E-state index is -3.00. The maximum Gasteiger partial charge on any atom is 0.211 e. The van der Waals surface area contributed by atoms with Gasteiger partial charge in [-0.05, 0) is 12.5 Å². The van der Waals surface area contributed by atoms with Crippen LogP contribution in [0.3, 0.4) is 0 Å². The van der Waals surface area contributed by atoms with Crippen LogP contribution in [-0.4, -0.2) is 69.2 Å². The van der Waals surface area contributed by atoms with E-state index in [1.54, 1.807) is 4.31 Å². The molecular formula is C10H21N3O2S. The summed E-state index contributed by atoms with van der Waals surface area (Å²) in [5.74, 6) is 0.671. The fourth-order valence-electron chi connectivity index (χ4n) is 2.65. The second kappa shape index (κ2) is 4.60. The predicted molar refractivity (Wildman–Crippen MR) is 63.8 cm³/mol. The first kappa shape index (κ1) is 12.3. The molecule has 1 N–H and O–H groups in total. The molecule has 2 fully saturated rings. The monoisotopic (exact) mass is 247 g/mol. The topological polar surface area (TPSA) is 52.6 Å². The molecule has 2 aliphatic heterocycles. The van der Waals surface area contributed by atoms with Crippen molar-refractivity contribution in [1.82, 2.24) is 14.5 Å². The molecule has 2 rings (SSSR count). The molecule has 0 radical (unpaired) electrons. The van der Waals surface area contributed by atoms with Gasteiger partial charge in [0.25, 0.3) is 0 Å². The van der Waals surface area contributed by atoms with Crippen molar-refractivity contribution in [2.75, 3.05) is 45.5 Å². The molecule has 0 saturated carbocycles. The van der Waals surface area contributed by atoms with Gasteiger partial charge in [0.1, 0.15) is 0 Å². The minimum Gasteiger partial charge on any atom is -0.315 e. The molecule has 2 aliphatic rings. The van der Waals surface area contributed by atoms with Gasteiger partial charge in [0, 0.05) is 38.8 Å². The molecule has 0 bridgehead atoms. The van der Waals surface area contributed by atoms with Gasteiger partial charge in [0.05, 0.1) is 6.26 Å². The first-order chi connectivity index (χ1) is 7.48. The van der Waals surface area contributed by atoms with Crippen LogP contribution in [0.15, 0.2) is 0 Å². The van der Waals surface area contributed by atoms with E-state index in [0.29, 0.717) is 25.0 Å². The first-order valence-electron chi connectivity index (χ1n) is 5.88. The summed E-state index contributed by atoms with van der Waals surface area (Å²) in [6.45, 7) is 7.39. The summed E-state index contributed by atoms with van der Waals surface area (Å²) in [6, 6.07) is 0.585. The molecule has 2 atom stereocenters. The number of hydrogen-bond acceptors (Lipinski definition) is 4. The van der Waals surface area contributed by atoms with Crippen LogP contribution in [0, 0.1) is 5.92 Å². The lowest BCUT2D eigenvalue weighted by Crippen LogP contribution is -2.53. The zero-order valence-electron chi connectivity index (χ0n) is 10.0. The molecule has 5 nitrogen and oxygen atoms in total. The maximum atomic E-state index is 11.4. The highest BCUT2D eigenvalue weighted by Crippen LogP contribution is 2.17. The van der Waals surface area contributed by atoms with Crippen LogP contribution >= 0.6 is 0 Å². The Kier molecular flexibility index (Phi) is 3.53. The van der Waals surface area contributed by atoms with Gasteiger partial charge < -0.3 is 5.32 Å². The molecular weight excluding hydrogens is 226 g/mol. The van der Waals surface area contributed by atoms with Gasteiger partial charge in [-0.2, -0.15) is 4.31 Å². The van der Waals surface area contributed by atoms with E-state index in [1.807, 2.05) is 0 Å². The lowest BCUT2D eigenvalue weighted by Gasteiger charge is -2.38. The fourth-order valence-corrected chi connectivity index (χ4v) is 3.48. The number of nitrogens with zero attached hydrogens (tertiary/aromatic N) is 2. The Morgan fingerprint density at radius 3 is 2.19 bits per heavy atom. The van der Waals surface area contributed by atoms with Crippen LogP contribution in [0.25, 0.3) is 0 Å². The predicted octanol–water partition coefficient (Wildman–Crippen LogP) is -0.828. The highest BCUT2D eigenvalue weighted by molar-refractivity contribution is 7.88. The third-order valence-corrected chi connectivity index (χ3v) is 4.99. The van der Waals surface area contributed by atoms with Crippen LogP contribution in [0.5, 0.6) is 0 Å². The number of hydrogen-bond donors (Lipinski definition) is 1. The lowest BCUT2D eigenvalue weighted by molar-refractivity contribution is 0.126. The lowest BCUT2D eigenvalue weighted by atomic mass is 10.0. The minimum absolute atomic E-state index is 0.585. The molecule has 0 spiro atoms. The fraction of sp³-hybridized carbons (Fsp3) is 1.00.